The zero-order valence-corrected chi connectivity index (χ0v) is 29.6. The van der Waals surface area contributed by atoms with Gasteiger partial charge >= 0.3 is 0 Å². The second kappa shape index (κ2) is 17.0. The number of carbonyl (C=O) groups excluding carboxylic acids is 2. The van der Waals surface area contributed by atoms with Gasteiger partial charge in [0.05, 0.1) is 35.3 Å². The van der Waals surface area contributed by atoms with Crippen LogP contribution in [0.3, 0.4) is 0 Å². The first kappa shape index (κ1) is 37.0. The van der Waals surface area contributed by atoms with Crippen LogP contribution in [0.15, 0.2) is 47.4 Å². The summed E-state index contributed by atoms with van der Waals surface area (Å²) in [5, 5.41) is 10.6. The van der Waals surface area contributed by atoms with Gasteiger partial charge in [-0.15, -0.1) is 0 Å². The van der Waals surface area contributed by atoms with E-state index in [2.05, 4.69) is 4.72 Å². The van der Waals surface area contributed by atoms with E-state index in [1.807, 2.05) is 20.9 Å². The molecule has 4 atom stereocenters. The molecule has 0 unspecified atom stereocenters. The van der Waals surface area contributed by atoms with Crippen LogP contribution in [-0.4, -0.2) is 86.7 Å². The van der Waals surface area contributed by atoms with Crippen molar-refractivity contribution in [2.75, 3.05) is 38.1 Å². The Bertz CT molecular complexity index is 1450. The number of sulfonamides is 1. The van der Waals surface area contributed by atoms with Gasteiger partial charge in [0, 0.05) is 49.3 Å². The lowest BCUT2D eigenvalue weighted by atomic mass is 9.88. The number of aliphatic hydroxyl groups is 1. The Morgan fingerprint density at radius 2 is 1.74 bits per heavy atom. The molecule has 1 heterocycles. The Balaban J connectivity index is 1.64. The summed E-state index contributed by atoms with van der Waals surface area (Å²) in [7, 11) is -2.14. The third-order valence-corrected chi connectivity index (χ3v) is 10.9. The number of fused-ring (bicyclic) bond motifs is 1. The maximum Gasteiger partial charge on any atom is 0.261 e. The number of likely N-dealkylation sites (N-methyl/N-ethyl adjacent to an activating group) is 1. The van der Waals surface area contributed by atoms with E-state index < -0.39 is 22.0 Å². The summed E-state index contributed by atoms with van der Waals surface area (Å²) < 4.78 is 41.6. The van der Waals surface area contributed by atoms with Crippen LogP contribution in [0.4, 0.5) is 5.69 Å². The number of carbonyl (C=O) groups is 2. The van der Waals surface area contributed by atoms with Crippen LogP contribution >= 0.6 is 11.6 Å². The highest BCUT2D eigenvalue weighted by atomic mass is 35.5. The Hall–Kier alpha value is -2.86. The van der Waals surface area contributed by atoms with E-state index in [1.54, 1.807) is 28.9 Å². The summed E-state index contributed by atoms with van der Waals surface area (Å²) in [6, 6.07) is 9.91. The molecule has 2 aromatic carbocycles. The standard InChI is InChI=1S/C35H50ClN3O7S/c1-24-21-39(25(2)23-40)35(42)31-20-29(37-47(43,44)30-16-13-28(36)14-17-30)15-18-32(31)46-26(3)10-8-9-19-45-33(24)22-38(4)34(41)27-11-6-5-7-12-27/h13-18,20,24-27,33,37,40H,5-12,19,21-23H2,1-4H3/t24-,25+,26+,33+/m0/s1. The van der Waals surface area contributed by atoms with Crippen molar-refractivity contribution >= 4 is 39.1 Å². The average Bonchev–Trinajstić information content (AvgIpc) is 3.06. The van der Waals surface area contributed by atoms with Gasteiger partial charge < -0.3 is 24.4 Å². The van der Waals surface area contributed by atoms with Gasteiger partial charge in [0.25, 0.3) is 15.9 Å². The maximum absolute atomic E-state index is 14.4. The van der Waals surface area contributed by atoms with Gasteiger partial charge in [-0.25, -0.2) is 8.42 Å². The SMILES string of the molecule is C[C@@H]1CCCCO[C@H](CN(C)C(=O)C2CCCCC2)[C@@H](C)CN([C@H](C)CO)C(=O)c2cc(NS(=O)(=O)c3ccc(Cl)cc3)ccc2O1. The molecule has 2 aliphatic rings. The second-order valence-electron chi connectivity index (χ2n) is 13.1. The first-order chi connectivity index (χ1) is 22.4. The highest BCUT2D eigenvalue weighted by Gasteiger charge is 2.32. The van der Waals surface area contributed by atoms with Gasteiger partial charge in [-0.3, -0.25) is 14.3 Å². The van der Waals surface area contributed by atoms with Crippen LogP contribution in [0.25, 0.3) is 0 Å². The van der Waals surface area contributed by atoms with Crippen molar-refractivity contribution in [1.82, 2.24) is 9.80 Å². The van der Waals surface area contributed by atoms with E-state index in [-0.39, 0.29) is 59.2 Å². The van der Waals surface area contributed by atoms with Crippen molar-refractivity contribution in [3.63, 3.8) is 0 Å². The van der Waals surface area contributed by atoms with E-state index in [0.29, 0.717) is 23.9 Å². The van der Waals surface area contributed by atoms with Crippen molar-refractivity contribution in [3.05, 3.63) is 53.1 Å². The maximum atomic E-state index is 14.4. The number of hydrogen-bond donors (Lipinski definition) is 2. The zero-order chi connectivity index (χ0) is 34.1. The fourth-order valence-electron chi connectivity index (χ4n) is 6.30. The van der Waals surface area contributed by atoms with E-state index in [9.17, 15) is 23.1 Å². The lowest BCUT2D eigenvalue weighted by Gasteiger charge is -2.36. The molecular weight excluding hydrogens is 642 g/mol. The molecule has 1 aliphatic heterocycles. The molecule has 1 fully saturated rings. The summed E-state index contributed by atoms with van der Waals surface area (Å²) >= 11 is 5.95. The molecule has 2 amide bonds. The van der Waals surface area contributed by atoms with Gasteiger partial charge in [0.1, 0.15) is 5.75 Å². The molecule has 0 bridgehead atoms. The van der Waals surface area contributed by atoms with Crippen LogP contribution in [0, 0.1) is 11.8 Å². The number of nitrogens with one attached hydrogen (secondary N) is 1. The first-order valence-electron chi connectivity index (χ1n) is 16.8. The molecule has 0 radical (unpaired) electrons. The molecule has 0 spiro atoms. The quantitative estimate of drug-likeness (QED) is 0.349. The number of anilines is 1. The Labute approximate surface area is 284 Å². The largest absolute Gasteiger partial charge is 0.490 e. The molecule has 4 rings (SSSR count). The van der Waals surface area contributed by atoms with Gasteiger partial charge in [-0.05, 0) is 88.4 Å². The minimum atomic E-state index is -3.97. The third-order valence-electron chi connectivity index (χ3n) is 9.21. The topological polar surface area (TPSA) is 125 Å². The Morgan fingerprint density at radius 1 is 1.06 bits per heavy atom. The molecule has 2 N–H and O–H groups in total. The van der Waals surface area contributed by atoms with Gasteiger partial charge in [0.15, 0.2) is 0 Å². The van der Waals surface area contributed by atoms with Crippen LogP contribution in [-0.2, 0) is 19.6 Å². The van der Waals surface area contributed by atoms with E-state index in [1.165, 1.54) is 36.8 Å². The van der Waals surface area contributed by atoms with Gasteiger partial charge in [-0.2, -0.15) is 0 Å². The molecular formula is C35H50ClN3O7S. The number of hydrogen-bond acceptors (Lipinski definition) is 7. The molecule has 10 nitrogen and oxygen atoms in total. The van der Waals surface area contributed by atoms with Crippen molar-refractivity contribution in [2.45, 2.75) is 95.3 Å². The summed E-state index contributed by atoms with van der Waals surface area (Å²) in [5.74, 6) is -0.0743. The molecule has 1 aliphatic carbocycles. The lowest BCUT2D eigenvalue weighted by molar-refractivity contribution is -0.137. The highest BCUT2D eigenvalue weighted by molar-refractivity contribution is 7.92. The van der Waals surface area contributed by atoms with E-state index in [0.717, 1.165) is 44.9 Å². The number of rotatable bonds is 8. The van der Waals surface area contributed by atoms with Gasteiger partial charge in [-0.1, -0.05) is 37.8 Å². The molecule has 2 aromatic rings. The molecule has 260 valence electrons. The summed E-state index contributed by atoms with van der Waals surface area (Å²) in [4.78, 5) is 31.1. The van der Waals surface area contributed by atoms with Gasteiger partial charge in [0.2, 0.25) is 5.91 Å². The minimum absolute atomic E-state index is 0.0283. The van der Waals surface area contributed by atoms with Crippen molar-refractivity contribution in [3.8, 4) is 5.75 Å². The highest BCUT2D eigenvalue weighted by Crippen LogP contribution is 2.30. The van der Waals surface area contributed by atoms with E-state index >= 15 is 0 Å². The van der Waals surface area contributed by atoms with Crippen molar-refractivity contribution in [2.24, 2.45) is 11.8 Å². The first-order valence-corrected chi connectivity index (χ1v) is 18.6. The molecule has 0 aromatic heterocycles. The summed E-state index contributed by atoms with van der Waals surface area (Å²) in [5.41, 5.74) is 0.373. The minimum Gasteiger partial charge on any atom is -0.490 e. The number of aliphatic hydroxyl groups excluding tert-OH is 1. The lowest BCUT2D eigenvalue weighted by Crippen LogP contribution is -2.48. The predicted octanol–water partition coefficient (Wildman–Crippen LogP) is 5.98. The van der Waals surface area contributed by atoms with Crippen LogP contribution < -0.4 is 9.46 Å². The number of halogens is 1. The summed E-state index contributed by atoms with van der Waals surface area (Å²) in [6.07, 6.45) is 6.97. The fraction of sp³-hybridized carbons (Fsp3) is 0.600. The number of amides is 2. The molecule has 1 saturated carbocycles. The van der Waals surface area contributed by atoms with Crippen LogP contribution in [0.2, 0.25) is 5.02 Å². The number of benzene rings is 2. The molecule has 47 heavy (non-hydrogen) atoms. The summed E-state index contributed by atoms with van der Waals surface area (Å²) in [6.45, 7) is 6.58. The Kier molecular flexibility index (Phi) is 13.4. The smallest absolute Gasteiger partial charge is 0.261 e. The normalized spacial score (nSPS) is 22.8. The zero-order valence-electron chi connectivity index (χ0n) is 28.0. The Morgan fingerprint density at radius 3 is 2.43 bits per heavy atom. The number of nitrogens with zero attached hydrogens (tertiary/aromatic N) is 2. The average molecular weight is 692 g/mol. The molecule has 0 saturated heterocycles. The van der Waals surface area contributed by atoms with Crippen molar-refractivity contribution in [1.29, 1.82) is 0 Å². The number of ether oxygens (including phenoxy) is 2. The van der Waals surface area contributed by atoms with Crippen molar-refractivity contribution < 1.29 is 32.6 Å². The second-order valence-corrected chi connectivity index (χ2v) is 15.2. The van der Waals surface area contributed by atoms with E-state index in [4.69, 9.17) is 21.1 Å². The third kappa shape index (κ3) is 10.1. The molecule has 12 heteroatoms. The van der Waals surface area contributed by atoms with Crippen LogP contribution in [0.5, 0.6) is 5.75 Å². The predicted molar refractivity (Wildman–Crippen MR) is 183 cm³/mol. The van der Waals surface area contributed by atoms with Crippen LogP contribution in [0.1, 0.15) is 82.5 Å². The monoisotopic (exact) mass is 691 g/mol. The fourth-order valence-corrected chi connectivity index (χ4v) is 7.47.